The minimum absolute atomic E-state index is 0.449. The van der Waals surface area contributed by atoms with Gasteiger partial charge in [-0.1, -0.05) is 60.1 Å². The van der Waals surface area contributed by atoms with Gasteiger partial charge in [-0.05, 0) is 54.2 Å². The number of halogens is 1. The number of nitrogens with zero attached hydrogens (tertiary/aromatic N) is 1. The molecule has 1 aliphatic carbocycles. The monoisotopic (exact) mass is 387 g/mol. The van der Waals surface area contributed by atoms with Gasteiger partial charge in [-0.15, -0.1) is 0 Å². The molecule has 1 atom stereocenters. The van der Waals surface area contributed by atoms with Crippen molar-refractivity contribution in [2.45, 2.75) is 31.8 Å². The predicted octanol–water partition coefficient (Wildman–Crippen LogP) is 6.05. The Morgan fingerprint density at radius 3 is 2.79 bits per heavy atom. The average Bonchev–Trinajstić information content (AvgIpc) is 3.16. The Hall–Kier alpha value is -2.62. The van der Waals surface area contributed by atoms with E-state index in [0.29, 0.717) is 11.1 Å². The Morgan fingerprint density at radius 2 is 1.89 bits per heavy atom. The summed E-state index contributed by atoms with van der Waals surface area (Å²) in [7, 11) is 0. The van der Waals surface area contributed by atoms with Crippen LogP contribution in [0.1, 0.15) is 35.6 Å². The van der Waals surface area contributed by atoms with Crippen LogP contribution < -0.4 is 5.32 Å². The van der Waals surface area contributed by atoms with Crippen LogP contribution in [-0.2, 0) is 13.0 Å². The highest BCUT2D eigenvalue weighted by atomic mass is 35.5. The summed E-state index contributed by atoms with van der Waals surface area (Å²) in [5.74, 6) is 0.873. The molecule has 0 fully saturated rings. The largest absolute Gasteiger partial charge is 0.338 e. The first-order valence-electron chi connectivity index (χ1n) is 9.82. The molecule has 0 bridgehead atoms. The lowest BCUT2D eigenvalue weighted by atomic mass is 9.87. The first-order valence-corrected chi connectivity index (χ1v) is 10.2. The second-order valence-corrected chi connectivity index (χ2v) is 7.90. The minimum atomic E-state index is 0.449. The van der Waals surface area contributed by atoms with Crippen molar-refractivity contribution in [1.29, 1.82) is 0 Å². The van der Waals surface area contributed by atoms with Gasteiger partial charge in [0.2, 0.25) is 0 Å². The van der Waals surface area contributed by atoms with Gasteiger partial charge >= 0.3 is 0 Å². The van der Waals surface area contributed by atoms with Crippen LogP contribution in [0.2, 0.25) is 5.02 Å². The Kier molecular flexibility index (Phi) is 4.63. The fourth-order valence-electron chi connectivity index (χ4n) is 4.11. The second kappa shape index (κ2) is 7.42. The van der Waals surface area contributed by atoms with Crippen molar-refractivity contribution in [3.8, 4) is 11.4 Å². The molecule has 1 unspecified atom stereocenters. The van der Waals surface area contributed by atoms with Crippen LogP contribution in [0.15, 0.2) is 66.7 Å². The summed E-state index contributed by atoms with van der Waals surface area (Å²) in [6, 6.07) is 23.6. The third kappa shape index (κ3) is 3.44. The van der Waals surface area contributed by atoms with Crippen molar-refractivity contribution in [3.63, 3.8) is 0 Å². The van der Waals surface area contributed by atoms with Crippen molar-refractivity contribution in [2.75, 3.05) is 0 Å². The molecule has 4 aromatic rings. The molecule has 0 amide bonds. The topological polar surface area (TPSA) is 40.7 Å². The number of nitrogens with one attached hydrogen (secondary N) is 2. The van der Waals surface area contributed by atoms with Crippen LogP contribution in [0.5, 0.6) is 0 Å². The lowest BCUT2D eigenvalue weighted by Crippen LogP contribution is -2.24. The van der Waals surface area contributed by atoms with E-state index >= 15 is 0 Å². The van der Waals surface area contributed by atoms with Crippen LogP contribution in [0.4, 0.5) is 0 Å². The zero-order valence-electron chi connectivity index (χ0n) is 15.6. The number of fused-ring (bicyclic) bond motifs is 2. The summed E-state index contributed by atoms with van der Waals surface area (Å²) in [6.45, 7) is 0.870. The third-order valence-corrected chi connectivity index (χ3v) is 5.83. The number of benzene rings is 3. The normalized spacial score (nSPS) is 16.2. The quantitative estimate of drug-likeness (QED) is 0.447. The van der Waals surface area contributed by atoms with E-state index in [-0.39, 0.29) is 0 Å². The van der Waals surface area contributed by atoms with Gasteiger partial charge in [0.05, 0.1) is 11.0 Å². The Balaban J connectivity index is 1.30. The van der Waals surface area contributed by atoms with E-state index in [9.17, 15) is 0 Å². The maximum atomic E-state index is 6.07. The van der Waals surface area contributed by atoms with Crippen LogP contribution in [-0.4, -0.2) is 9.97 Å². The third-order valence-electron chi connectivity index (χ3n) is 5.59. The summed E-state index contributed by atoms with van der Waals surface area (Å²) in [5.41, 5.74) is 7.22. The molecule has 1 aliphatic rings. The lowest BCUT2D eigenvalue weighted by molar-refractivity contribution is 0.459. The van der Waals surface area contributed by atoms with Gasteiger partial charge in [-0.3, -0.25) is 0 Å². The standard InChI is InChI=1S/C24H22ClN3/c25-19-12-13-22-23(14-19)28-24(27-22)18-10-8-16(9-11-18)15-26-21-7-3-5-17-4-1-2-6-20(17)21/h1-2,4,6,8-14,21,26H,3,5,7,15H2,(H,27,28). The van der Waals surface area contributed by atoms with E-state index in [1.807, 2.05) is 18.2 Å². The number of aromatic nitrogens is 2. The van der Waals surface area contributed by atoms with Crippen molar-refractivity contribution >= 4 is 22.6 Å². The fraction of sp³-hybridized carbons (Fsp3) is 0.208. The molecule has 1 heterocycles. The highest BCUT2D eigenvalue weighted by Gasteiger charge is 2.18. The fourth-order valence-corrected chi connectivity index (χ4v) is 4.28. The van der Waals surface area contributed by atoms with E-state index in [1.54, 1.807) is 0 Å². The zero-order valence-corrected chi connectivity index (χ0v) is 16.3. The molecule has 0 radical (unpaired) electrons. The number of imidazole rings is 1. The van der Waals surface area contributed by atoms with E-state index in [4.69, 9.17) is 11.6 Å². The van der Waals surface area contributed by atoms with Crippen LogP contribution in [0, 0.1) is 0 Å². The van der Waals surface area contributed by atoms with E-state index in [2.05, 4.69) is 63.8 Å². The molecular weight excluding hydrogens is 366 g/mol. The molecule has 2 N–H and O–H groups in total. The number of hydrogen-bond donors (Lipinski definition) is 2. The predicted molar refractivity (Wildman–Crippen MR) is 116 cm³/mol. The van der Waals surface area contributed by atoms with Gasteiger partial charge in [-0.2, -0.15) is 0 Å². The van der Waals surface area contributed by atoms with Gasteiger partial charge < -0.3 is 10.3 Å². The number of H-pyrrole nitrogens is 1. The smallest absolute Gasteiger partial charge is 0.138 e. The molecule has 0 saturated carbocycles. The van der Waals surface area contributed by atoms with Gasteiger partial charge in [0.25, 0.3) is 0 Å². The molecule has 4 heteroatoms. The van der Waals surface area contributed by atoms with Crippen LogP contribution in [0.3, 0.4) is 0 Å². The Morgan fingerprint density at radius 1 is 1.04 bits per heavy atom. The number of aryl methyl sites for hydroxylation is 1. The van der Waals surface area contributed by atoms with Crippen LogP contribution in [0.25, 0.3) is 22.4 Å². The number of rotatable bonds is 4. The summed E-state index contributed by atoms with van der Waals surface area (Å²) in [4.78, 5) is 8.02. The molecule has 3 aromatic carbocycles. The van der Waals surface area contributed by atoms with E-state index in [1.165, 1.54) is 36.0 Å². The Bertz CT molecular complexity index is 1110. The number of hydrogen-bond acceptors (Lipinski definition) is 2. The maximum absolute atomic E-state index is 6.07. The van der Waals surface area contributed by atoms with Crippen molar-refractivity contribution in [2.24, 2.45) is 0 Å². The molecule has 1 aromatic heterocycles. The summed E-state index contributed by atoms with van der Waals surface area (Å²) in [5, 5.41) is 4.46. The van der Waals surface area contributed by atoms with E-state index in [0.717, 1.165) is 29.0 Å². The molecule has 3 nitrogen and oxygen atoms in total. The lowest BCUT2D eigenvalue weighted by Gasteiger charge is -2.26. The van der Waals surface area contributed by atoms with Crippen molar-refractivity contribution < 1.29 is 0 Å². The first kappa shape index (κ1) is 17.5. The first-order chi connectivity index (χ1) is 13.8. The van der Waals surface area contributed by atoms with Crippen molar-refractivity contribution in [1.82, 2.24) is 15.3 Å². The molecule has 0 aliphatic heterocycles. The molecule has 0 saturated heterocycles. The highest BCUT2D eigenvalue weighted by Crippen LogP contribution is 2.30. The van der Waals surface area contributed by atoms with Gasteiger partial charge in [-0.25, -0.2) is 4.98 Å². The van der Waals surface area contributed by atoms with Gasteiger partial charge in [0, 0.05) is 23.2 Å². The molecule has 0 spiro atoms. The number of aromatic amines is 1. The molecular formula is C24H22ClN3. The van der Waals surface area contributed by atoms with Crippen LogP contribution >= 0.6 is 11.6 Å². The SMILES string of the molecule is Clc1ccc2nc(-c3ccc(CNC4CCCc5ccccc54)cc3)[nH]c2c1. The Labute approximate surface area is 169 Å². The van der Waals surface area contributed by atoms with Gasteiger partial charge in [0.1, 0.15) is 5.82 Å². The second-order valence-electron chi connectivity index (χ2n) is 7.47. The zero-order chi connectivity index (χ0) is 18.9. The minimum Gasteiger partial charge on any atom is -0.338 e. The molecule has 140 valence electrons. The van der Waals surface area contributed by atoms with Crippen molar-refractivity contribution in [3.05, 3.63) is 88.4 Å². The maximum Gasteiger partial charge on any atom is 0.138 e. The average molecular weight is 388 g/mol. The summed E-state index contributed by atoms with van der Waals surface area (Å²) in [6.07, 6.45) is 3.66. The van der Waals surface area contributed by atoms with Gasteiger partial charge in [0.15, 0.2) is 0 Å². The molecule has 5 rings (SSSR count). The molecule has 28 heavy (non-hydrogen) atoms. The van der Waals surface area contributed by atoms with E-state index < -0.39 is 0 Å². The summed E-state index contributed by atoms with van der Waals surface area (Å²) >= 11 is 6.07. The summed E-state index contributed by atoms with van der Waals surface area (Å²) < 4.78 is 0. The highest BCUT2D eigenvalue weighted by molar-refractivity contribution is 6.31.